The number of aromatic nitrogens is 1. The molecule has 0 bridgehead atoms. The van der Waals surface area contributed by atoms with Crippen molar-refractivity contribution in [2.24, 2.45) is 0 Å². The van der Waals surface area contributed by atoms with E-state index >= 15 is 0 Å². The van der Waals surface area contributed by atoms with E-state index in [4.69, 9.17) is 0 Å². The van der Waals surface area contributed by atoms with Crippen LogP contribution >= 0.6 is 0 Å². The SMILES string of the molecule is CCCCCCCC/C=C\c1c(C)c(/C=C\CCCCCCCC)c2[n+](c1C)CCC2. The molecule has 1 aromatic heterocycles. The van der Waals surface area contributed by atoms with Gasteiger partial charge >= 0.3 is 0 Å². The summed E-state index contributed by atoms with van der Waals surface area (Å²) in [7, 11) is 0. The summed E-state index contributed by atoms with van der Waals surface area (Å²) in [6, 6.07) is 0. The summed E-state index contributed by atoms with van der Waals surface area (Å²) in [4.78, 5) is 0. The third-order valence-corrected chi connectivity index (χ3v) is 7.05. The number of allylic oxidation sites excluding steroid dienone is 2. The largest absolute Gasteiger partial charge is 0.199 e. The van der Waals surface area contributed by atoms with Crippen LogP contribution in [0, 0.1) is 13.8 Å². The third kappa shape index (κ3) is 8.59. The van der Waals surface area contributed by atoms with Crippen LogP contribution in [-0.4, -0.2) is 0 Å². The zero-order chi connectivity index (χ0) is 22.3. The van der Waals surface area contributed by atoms with E-state index in [1.165, 1.54) is 132 Å². The Balaban J connectivity index is 1.96. The molecule has 0 atom stereocenters. The van der Waals surface area contributed by atoms with Gasteiger partial charge in [-0.2, -0.15) is 4.57 Å². The van der Waals surface area contributed by atoms with Crippen LogP contribution in [0.2, 0.25) is 0 Å². The molecule has 1 nitrogen and oxygen atoms in total. The molecular weight excluding hydrogens is 374 g/mol. The van der Waals surface area contributed by atoms with E-state index in [9.17, 15) is 0 Å². The molecule has 31 heavy (non-hydrogen) atoms. The minimum Gasteiger partial charge on any atom is -0.199 e. The van der Waals surface area contributed by atoms with Crippen LogP contribution in [0.1, 0.15) is 138 Å². The molecule has 2 rings (SSSR count). The molecule has 174 valence electrons. The van der Waals surface area contributed by atoms with Gasteiger partial charge in [0.15, 0.2) is 11.4 Å². The Morgan fingerprint density at radius 3 is 1.77 bits per heavy atom. The Morgan fingerprint density at radius 2 is 1.19 bits per heavy atom. The molecule has 1 heteroatoms. The fourth-order valence-electron chi connectivity index (χ4n) is 5.06. The van der Waals surface area contributed by atoms with Crippen molar-refractivity contribution in [2.45, 2.75) is 137 Å². The van der Waals surface area contributed by atoms with Crippen molar-refractivity contribution < 1.29 is 4.57 Å². The van der Waals surface area contributed by atoms with E-state index in [2.05, 4.69) is 56.6 Å². The minimum absolute atomic E-state index is 1.19. The van der Waals surface area contributed by atoms with E-state index in [-0.39, 0.29) is 0 Å². The predicted octanol–water partition coefficient (Wildman–Crippen LogP) is 9.06. The fraction of sp³-hybridized carbons (Fsp3) is 0.700. The van der Waals surface area contributed by atoms with Crippen LogP contribution in [0.25, 0.3) is 12.2 Å². The number of fused-ring (bicyclic) bond motifs is 1. The molecule has 0 aliphatic carbocycles. The molecule has 0 saturated heterocycles. The summed E-state index contributed by atoms with van der Waals surface area (Å²) in [5, 5.41) is 0. The Kier molecular flexibility index (Phi) is 12.9. The maximum Gasteiger partial charge on any atom is 0.189 e. The second-order valence-corrected chi connectivity index (χ2v) is 9.66. The van der Waals surface area contributed by atoms with Gasteiger partial charge in [0.05, 0.1) is 0 Å². The second-order valence-electron chi connectivity index (χ2n) is 9.66. The zero-order valence-corrected chi connectivity index (χ0v) is 21.3. The average molecular weight is 425 g/mol. The number of hydrogen-bond acceptors (Lipinski definition) is 0. The lowest BCUT2D eigenvalue weighted by molar-refractivity contribution is -0.696. The van der Waals surface area contributed by atoms with Gasteiger partial charge < -0.3 is 0 Å². The van der Waals surface area contributed by atoms with Crippen molar-refractivity contribution in [3.05, 3.63) is 40.2 Å². The number of nitrogens with zero attached hydrogens (tertiary/aromatic N) is 1. The topological polar surface area (TPSA) is 3.88 Å². The molecule has 0 N–H and O–H groups in total. The third-order valence-electron chi connectivity index (χ3n) is 7.05. The molecule has 0 aromatic carbocycles. The number of unbranched alkanes of at least 4 members (excludes halogenated alkanes) is 12. The lowest BCUT2D eigenvalue weighted by Crippen LogP contribution is -2.38. The van der Waals surface area contributed by atoms with Gasteiger partial charge in [0.25, 0.3) is 0 Å². The molecule has 0 spiro atoms. The molecule has 0 unspecified atom stereocenters. The minimum atomic E-state index is 1.19. The van der Waals surface area contributed by atoms with Crippen molar-refractivity contribution >= 4 is 12.2 Å². The molecule has 1 aliphatic heterocycles. The molecular formula is C30H50N+. The van der Waals surface area contributed by atoms with E-state index < -0.39 is 0 Å². The van der Waals surface area contributed by atoms with Crippen LogP contribution in [0.3, 0.4) is 0 Å². The van der Waals surface area contributed by atoms with Crippen molar-refractivity contribution in [1.29, 1.82) is 0 Å². The highest BCUT2D eigenvalue weighted by Crippen LogP contribution is 2.26. The van der Waals surface area contributed by atoms with Crippen LogP contribution in [-0.2, 0) is 13.0 Å². The van der Waals surface area contributed by atoms with E-state index in [1.54, 1.807) is 5.69 Å². The molecule has 0 fully saturated rings. The van der Waals surface area contributed by atoms with Crippen molar-refractivity contribution in [1.82, 2.24) is 0 Å². The first kappa shape index (κ1) is 25.9. The van der Waals surface area contributed by atoms with Gasteiger partial charge in [-0.15, -0.1) is 0 Å². The molecule has 0 saturated carbocycles. The van der Waals surface area contributed by atoms with Gasteiger partial charge in [-0.05, 0) is 38.2 Å². The average Bonchev–Trinajstić information content (AvgIpc) is 3.26. The monoisotopic (exact) mass is 424 g/mol. The van der Waals surface area contributed by atoms with Gasteiger partial charge in [0.1, 0.15) is 6.54 Å². The maximum atomic E-state index is 2.60. The first-order valence-corrected chi connectivity index (χ1v) is 13.6. The van der Waals surface area contributed by atoms with Gasteiger partial charge in [-0.1, -0.05) is 102 Å². The predicted molar refractivity (Wildman–Crippen MR) is 138 cm³/mol. The fourth-order valence-corrected chi connectivity index (χ4v) is 5.06. The lowest BCUT2D eigenvalue weighted by atomic mass is 9.97. The van der Waals surface area contributed by atoms with Crippen LogP contribution in [0.15, 0.2) is 12.2 Å². The Bertz CT molecular complexity index is 695. The van der Waals surface area contributed by atoms with E-state index in [0.29, 0.717) is 0 Å². The van der Waals surface area contributed by atoms with Crippen molar-refractivity contribution in [3.8, 4) is 0 Å². The zero-order valence-electron chi connectivity index (χ0n) is 21.3. The van der Waals surface area contributed by atoms with Crippen LogP contribution in [0.4, 0.5) is 0 Å². The molecule has 0 amide bonds. The summed E-state index contributed by atoms with van der Waals surface area (Å²) in [6.07, 6.45) is 31.3. The number of rotatable bonds is 16. The van der Waals surface area contributed by atoms with Gasteiger partial charge in [-0.25, -0.2) is 0 Å². The van der Waals surface area contributed by atoms with Gasteiger partial charge in [-0.3, -0.25) is 0 Å². The van der Waals surface area contributed by atoms with Crippen molar-refractivity contribution in [2.75, 3.05) is 0 Å². The number of hydrogen-bond donors (Lipinski definition) is 0. The molecule has 2 heterocycles. The summed E-state index contributed by atoms with van der Waals surface area (Å²) < 4.78 is 2.60. The lowest BCUT2D eigenvalue weighted by Gasteiger charge is -2.11. The summed E-state index contributed by atoms with van der Waals surface area (Å²) in [5.74, 6) is 0. The highest BCUT2D eigenvalue weighted by Gasteiger charge is 2.28. The Morgan fingerprint density at radius 1 is 0.677 bits per heavy atom. The van der Waals surface area contributed by atoms with Gasteiger partial charge in [0, 0.05) is 30.9 Å². The Labute approximate surface area is 194 Å². The van der Waals surface area contributed by atoms with Gasteiger partial charge in [0.2, 0.25) is 0 Å². The highest BCUT2D eigenvalue weighted by molar-refractivity contribution is 5.64. The van der Waals surface area contributed by atoms with E-state index in [0.717, 1.165) is 0 Å². The molecule has 0 radical (unpaired) electrons. The van der Waals surface area contributed by atoms with E-state index in [1.807, 2.05) is 0 Å². The second kappa shape index (κ2) is 15.4. The normalized spacial score (nSPS) is 13.7. The van der Waals surface area contributed by atoms with Crippen LogP contribution < -0.4 is 4.57 Å². The summed E-state index contributed by atoms with van der Waals surface area (Å²) in [6.45, 7) is 10.5. The summed E-state index contributed by atoms with van der Waals surface area (Å²) in [5.41, 5.74) is 7.51. The Hall–Kier alpha value is -1.37. The number of pyridine rings is 1. The first-order valence-electron chi connectivity index (χ1n) is 13.6. The highest BCUT2D eigenvalue weighted by atomic mass is 15.0. The first-order chi connectivity index (χ1) is 15.2. The van der Waals surface area contributed by atoms with Crippen molar-refractivity contribution in [3.63, 3.8) is 0 Å². The maximum absolute atomic E-state index is 2.60. The smallest absolute Gasteiger partial charge is 0.189 e. The standard InChI is InChI=1S/C30H50N/c1-5-7-9-11-13-15-17-19-22-28-26(3)29(30-24-21-25-31(30)27(28)4)23-20-18-16-14-12-10-8-6-2/h19-20,22-23H,5-18,21,24-25H2,1-4H3/q+1/b22-19-,23-20-. The van der Waals surface area contributed by atoms with Crippen LogP contribution in [0.5, 0.6) is 0 Å². The quantitative estimate of drug-likeness (QED) is 0.184. The molecule has 1 aliphatic rings. The summed E-state index contributed by atoms with van der Waals surface area (Å²) >= 11 is 0. The molecule has 1 aromatic rings.